The molecule has 0 radical (unpaired) electrons. The SMILES string of the molecule is O=C(Cc1csc(-c2ccc(OCCN3CCOCC3)cc2)n1)NCc1ccccc1Cl. The average molecular weight is 472 g/mol. The van der Waals surface area contributed by atoms with Crippen LogP contribution in [0.2, 0.25) is 5.02 Å². The van der Waals surface area contributed by atoms with Gasteiger partial charge in [0.2, 0.25) is 5.91 Å². The van der Waals surface area contributed by atoms with Crippen LogP contribution in [0.1, 0.15) is 11.3 Å². The first-order valence-electron chi connectivity index (χ1n) is 10.7. The molecule has 1 fully saturated rings. The Balaban J connectivity index is 1.24. The van der Waals surface area contributed by atoms with E-state index in [9.17, 15) is 4.79 Å². The van der Waals surface area contributed by atoms with Gasteiger partial charge in [0.15, 0.2) is 0 Å². The topological polar surface area (TPSA) is 63.7 Å². The predicted molar refractivity (Wildman–Crippen MR) is 127 cm³/mol. The zero-order valence-electron chi connectivity index (χ0n) is 17.8. The Kier molecular flexibility index (Phi) is 8.12. The van der Waals surface area contributed by atoms with Gasteiger partial charge in [-0.15, -0.1) is 11.3 Å². The van der Waals surface area contributed by atoms with Crippen LogP contribution >= 0.6 is 22.9 Å². The summed E-state index contributed by atoms with van der Waals surface area (Å²) in [4.78, 5) is 19.3. The highest BCUT2D eigenvalue weighted by molar-refractivity contribution is 7.13. The molecule has 2 aromatic carbocycles. The molecular weight excluding hydrogens is 446 g/mol. The van der Waals surface area contributed by atoms with Crippen molar-refractivity contribution in [2.45, 2.75) is 13.0 Å². The number of hydrogen-bond donors (Lipinski definition) is 1. The normalized spacial score (nSPS) is 14.3. The van der Waals surface area contributed by atoms with Gasteiger partial charge in [0.25, 0.3) is 0 Å². The van der Waals surface area contributed by atoms with Crippen molar-refractivity contribution in [3.8, 4) is 16.3 Å². The molecule has 2 heterocycles. The molecule has 1 N–H and O–H groups in total. The number of halogens is 1. The van der Waals surface area contributed by atoms with Gasteiger partial charge in [-0.05, 0) is 35.9 Å². The minimum absolute atomic E-state index is 0.0780. The maximum atomic E-state index is 12.3. The van der Waals surface area contributed by atoms with Gasteiger partial charge in [0.1, 0.15) is 17.4 Å². The first-order valence-corrected chi connectivity index (χ1v) is 11.9. The second-order valence-electron chi connectivity index (χ2n) is 7.52. The van der Waals surface area contributed by atoms with Crippen molar-refractivity contribution in [1.82, 2.24) is 15.2 Å². The zero-order chi connectivity index (χ0) is 22.2. The molecule has 1 amide bonds. The van der Waals surface area contributed by atoms with Crippen LogP contribution < -0.4 is 10.1 Å². The summed E-state index contributed by atoms with van der Waals surface area (Å²) >= 11 is 7.67. The molecular formula is C24H26ClN3O3S. The first kappa shape index (κ1) is 22.7. The lowest BCUT2D eigenvalue weighted by atomic mass is 10.2. The highest BCUT2D eigenvalue weighted by Gasteiger charge is 2.11. The van der Waals surface area contributed by atoms with Crippen LogP contribution in [0.25, 0.3) is 10.6 Å². The number of morpholine rings is 1. The van der Waals surface area contributed by atoms with E-state index in [0.29, 0.717) is 18.2 Å². The molecule has 0 bridgehead atoms. The third-order valence-electron chi connectivity index (χ3n) is 5.21. The second-order valence-corrected chi connectivity index (χ2v) is 8.78. The fourth-order valence-electron chi connectivity index (χ4n) is 3.39. The molecule has 0 spiro atoms. The van der Waals surface area contributed by atoms with Gasteiger partial charge < -0.3 is 14.8 Å². The average Bonchev–Trinajstić information content (AvgIpc) is 3.28. The van der Waals surface area contributed by atoms with E-state index >= 15 is 0 Å². The van der Waals surface area contributed by atoms with Gasteiger partial charge in [-0.2, -0.15) is 0 Å². The Hall–Kier alpha value is -2.45. The fourth-order valence-corrected chi connectivity index (χ4v) is 4.42. The number of ether oxygens (including phenoxy) is 2. The quantitative estimate of drug-likeness (QED) is 0.510. The smallest absolute Gasteiger partial charge is 0.226 e. The minimum Gasteiger partial charge on any atom is -0.492 e. The maximum Gasteiger partial charge on any atom is 0.226 e. The van der Waals surface area contributed by atoms with E-state index in [1.54, 1.807) is 0 Å². The van der Waals surface area contributed by atoms with Crippen molar-refractivity contribution in [2.24, 2.45) is 0 Å². The van der Waals surface area contributed by atoms with Crippen LogP contribution in [0.3, 0.4) is 0 Å². The number of carbonyl (C=O) groups excluding carboxylic acids is 1. The van der Waals surface area contributed by atoms with Gasteiger partial charge in [0.05, 0.1) is 25.3 Å². The first-order chi connectivity index (χ1) is 15.7. The van der Waals surface area contributed by atoms with E-state index in [-0.39, 0.29) is 12.3 Å². The van der Waals surface area contributed by atoms with Crippen LogP contribution in [0.15, 0.2) is 53.9 Å². The summed E-state index contributed by atoms with van der Waals surface area (Å²) in [7, 11) is 0. The number of thiazole rings is 1. The summed E-state index contributed by atoms with van der Waals surface area (Å²) in [5.41, 5.74) is 2.67. The lowest BCUT2D eigenvalue weighted by Gasteiger charge is -2.26. The van der Waals surface area contributed by atoms with E-state index in [4.69, 9.17) is 21.1 Å². The Morgan fingerprint density at radius 3 is 2.72 bits per heavy atom. The van der Waals surface area contributed by atoms with Crippen LogP contribution in [-0.4, -0.2) is 55.2 Å². The molecule has 1 aliphatic rings. The molecule has 1 aliphatic heterocycles. The van der Waals surface area contributed by atoms with Gasteiger partial charge in [-0.3, -0.25) is 9.69 Å². The summed E-state index contributed by atoms with van der Waals surface area (Å²) < 4.78 is 11.2. The summed E-state index contributed by atoms with van der Waals surface area (Å²) in [6, 6.07) is 15.4. The van der Waals surface area contributed by atoms with E-state index in [0.717, 1.165) is 60.4 Å². The van der Waals surface area contributed by atoms with Crippen LogP contribution in [0, 0.1) is 0 Å². The summed E-state index contributed by atoms with van der Waals surface area (Å²) in [6.07, 6.45) is 0.240. The second kappa shape index (κ2) is 11.4. The lowest BCUT2D eigenvalue weighted by Crippen LogP contribution is -2.38. The number of rotatable bonds is 9. The Morgan fingerprint density at radius 1 is 1.16 bits per heavy atom. The molecule has 0 atom stereocenters. The van der Waals surface area contributed by atoms with Gasteiger partial charge in [0, 0.05) is 42.1 Å². The maximum absolute atomic E-state index is 12.3. The molecule has 8 heteroatoms. The highest BCUT2D eigenvalue weighted by atomic mass is 35.5. The molecule has 0 unspecified atom stereocenters. The molecule has 1 saturated heterocycles. The summed E-state index contributed by atoms with van der Waals surface area (Å²) in [6.45, 7) is 5.49. The molecule has 6 nitrogen and oxygen atoms in total. The van der Waals surface area contributed by atoms with E-state index in [1.807, 2.05) is 53.9 Å². The minimum atomic E-state index is -0.0780. The lowest BCUT2D eigenvalue weighted by molar-refractivity contribution is -0.120. The van der Waals surface area contributed by atoms with Crippen molar-refractivity contribution in [3.63, 3.8) is 0 Å². The number of carbonyl (C=O) groups is 1. The highest BCUT2D eigenvalue weighted by Crippen LogP contribution is 2.26. The number of aromatic nitrogens is 1. The fraction of sp³-hybridized carbons (Fsp3) is 0.333. The van der Waals surface area contributed by atoms with Gasteiger partial charge >= 0.3 is 0 Å². The number of amides is 1. The molecule has 0 saturated carbocycles. The zero-order valence-corrected chi connectivity index (χ0v) is 19.3. The molecule has 0 aliphatic carbocycles. The summed E-state index contributed by atoms with van der Waals surface area (Å²) in [5.74, 6) is 0.767. The van der Waals surface area contributed by atoms with E-state index < -0.39 is 0 Å². The molecule has 1 aromatic heterocycles. The number of nitrogens with one attached hydrogen (secondary N) is 1. The van der Waals surface area contributed by atoms with E-state index in [2.05, 4.69) is 15.2 Å². The Morgan fingerprint density at radius 2 is 1.94 bits per heavy atom. The van der Waals surface area contributed by atoms with Crippen molar-refractivity contribution in [2.75, 3.05) is 39.5 Å². The van der Waals surface area contributed by atoms with Crippen LogP contribution in [0.4, 0.5) is 0 Å². The molecule has 4 rings (SSSR count). The standard InChI is InChI=1S/C24H26ClN3O3S/c25-22-4-2-1-3-19(22)16-26-23(29)15-20-17-32-24(27-20)18-5-7-21(8-6-18)31-14-11-28-9-12-30-13-10-28/h1-8,17H,9-16H2,(H,26,29). The molecule has 3 aromatic rings. The number of benzene rings is 2. The van der Waals surface area contributed by atoms with Gasteiger partial charge in [-0.1, -0.05) is 29.8 Å². The summed E-state index contributed by atoms with van der Waals surface area (Å²) in [5, 5.41) is 6.37. The Labute approximate surface area is 197 Å². The third-order valence-corrected chi connectivity index (χ3v) is 6.52. The molecule has 32 heavy (non-hydrogen) atoms. The van der Waals surface area contributed by atoms with Crippen LogP contribution in [0.5, 0.6) is 5.75 Å². The number of nitrogens with zero attached hydrogens (tertiary/aromatic N) is 2. The van der Waals surface area contributed by atoms with Crippen molar-refractivity contribution in [3.05, 3.63) is 70.2 Å². The van der Waals surface area contributed by atoms with Crippen molar-refractivity contribution >= 4 is 28.8 Å². The van der Waals surface area contributed by atoms with E-state index in [1.165, 1.54) is 11.3 Å². The molecule has 168 valence electrons. The predicted octanol–water partition coefficient (Wildman–Crippen LogP) is 4.03. The monoisotopic (exact) mass is 471 g/mol. The van der Waals surface area contributed by atoms with Gasteiger partial charge in [-0.25, -0.2) is 4.98 Å². The largest absolute Gasteiger partial charge is 0.492 e. The van der Waals surface area contributed by atoms with Crippen LogP contribution in [-0.2, 0) is 22.5 Å². The number of hydrogen-bond acceptors (Lipinski definition) is 6. The third kappa shape index (κ3) is 6.53. The van der Waals surface area contributed by atoms with Crippen molar-refractivity contribution < 1.29 is 14.3 Å². The van der Waals surface area contributed by atoms with Crippen molar-refractivity contribution in [1.29, 1.82) is 0 Å². The Bertz CT molecular complexity index is 1020.